The SMILES string of the molecule is CC(C)(C)OC(=O)CCCCCCNCc1cnc(-c2ccccc2)s1. The molecule has 0 bridgehead atoms. The Bertz CT molecular complexity index is 662. The predicted molar refractivity (Wildman–Crippen MR) is 108 cm³/mol. The van der Waals surface area contributed by atoms with E-state index in [0.717, 1.165) is 43.8 Å². The largest absolute Gasteiger partial charge is 0.460 e. The van der Waals surface area contributed by atoms with Crippen molar-refractivity contribution in [1.29, 1.82) is 0 Å². The Morgan fingerprint density at radius 2 is 1.85 bits per heavy atom. The van der Waals surface area contributed by atoms with E-state index < -0.39 is 0 Å². The van der Waals surface area contributed by atoms with Gasteiger partial charge < -0.3 is 10.1 Å². The highest BCUT2D eigenvalue weighted by molar-refractivity contribution is 7.15. The van der Waals surface area contributed by atoms with Crippen LogP contribution in [0.4, 0.5) is 0 Å². The van der Waals surface area contributed by atoms with E-state index in [4.69, 9.17) is 4.74 Å². The highest BCUT2D eigenvalue weighted by Crippen LogP contribution is 2.24. The lowest BCUT2D eigenvalue weighted by molar-refractivity contribution is -0.154. The molecule has 0 spiro atoms. The van der Waals surface area contributed by atoms with Crippen LogP contribution in [-0.2, 0) is 16.1 Å². The summed E-state index contributed by atoms with van der Waals surface area (Å²) in [5.74, 6) is -0.0879. The van der Waals surface area contributed by atoms with Gasteiger partial charge in [-0.3, -0.25) is 4.79 Å². The van der Waals surface area contributed by atoms with Crippen LogP contribution >= 0.6 is 11.3 Å². The lowest BCUT2D eigenvalue weighted by Gasteiger charge is -2.19. The quantitative estimate of drug-likeness (QED) is 0.459. The summed E-state index contributed by atoms with van der Waals surface area (Å²) in [4.78, 5) is 17.4. The topological polar surface area (TPSA) is 51.2 Å². The molecule has 4 nitrogen and oxygen atoms in total. The van der Waals surface area contributed by atoms with Crippen LogP contribution in [0.2, 0.25) is 0 Å². The zero-order valence-corrected chi connectivity index (χ0v) is 16.9. The van der Waals surface area contributed by atoms with Crippen molar-refractivity contribution < 1.29 is 9.53 Å². The van der Waals surface area contributed by atoms with Crippen LogP contribution in [0.1, 0.15) is 57.8 Å². The molecule has 5 heteroatoms. The summed E-state index contributed by atoms with van der Waals surface area (Å²) in [6, 6.07) is 10.3. The number of hydrogen-bond acceptors (Lipinski definition) is 5. The fraction of sp³-hybridized carbons (Fsp3) is 0.524. The van der Waals surface area contributed by atoms with Crippen molar-refractivity contribution in [1.82, 2.24) is 10.3 Å². The number of esters is 1. The third-order valence-electron chi connectivity index (χ3n) is 3.78. The highest BCUT2D eigenvalue weighted by Gasteiger charge is 2.15. The van der Waals surface area contributed by atoms with Crippen LogP contribution in [-0.4, -0.2) is 23.1 Å². The maximum atomic E-state index is 11.6. The van der Waals surface area contributed by atoms with Crippen LogP contribution in [0.25, 0.3) is 10.6 Å². The van der Waals surface area contributed by atoms with Gasteiger partial charge in [0.25, 0.3) is 0 Å². The molecule has 1 aromatic heterocycles. The average molecular weight is 375 g/mol. The molecule has 0 aliphatic heterocycles. The summed E-state index contributed by atoms with van der Waals surface area (Å²) >= 11 is 1.74. The van der Waals surface area contributed by atoms with E-state index in [0.29, 0.717) is 6.42 Å². The first-order valence-corrected chi connectivity index (χ1v) is 10.2. The van der Waals surface area contributed by atoms with Gasteiger partial charge in [0.05, 0.1) is 0 Å². The lowest BCUT2D eigenvalue weighted by atomic mass is 10.1. The minimum Gasteiger partial charge on any atom is -0.460 e. The molecule has 0 aliphatic carbocycles. The molecular weight excluding hydrogens is 344 g/mol. The Hall–Kier alpha value is -1.72. The van der Waals surface area contributed by atoms with E-state index in [1.165, 1.54) is 10.4 Å². The Labute approximate surface area is 161 Å². The van der Waals surface area contributed by atoms with E-state index in [1.54, 1.807) is 11.3 Å². The molecule has 2 aromatic rings. The molecule has 0 saturated heterocycles. The van der Waals surface area contributed by atoms with Crippen molar-refractivity contribution >= 4 is 17.3 Å². The number of unbranched alkanes of at least 4 members (excludes halogenated alkanes) is 3. The number of carbonyl (C=O) groups is 1. The fourth-order valence-electron chi connectivity index (χ4n) is 2.58. The predicted octanol–water partition coefficient (Wildman–Crippen LogP) is 5.19. The molecule has 142 valence electrons. The van der Waals surface area contributed by atoms with Gasteiger partial charge in [-0.05, 0) is 40.2 Å². The van der Waals surface area contributed by atoms with Gasteiger partial charge in [-0.15, -0.1) is 11.3 Å². The Kier molecular flexibility index (Phi) is 8.26. The molecule has 1 N–H and O–H groups in total. The third-order valence-corrected chi connectivity index (χ3v) is 4.82. The number of rotatable bonds is 10. The smallest absolute Gasteiger partial charge is 0.306 e. The van der Waals surface area contributed by atoms with E-state index in [-0.39, 0.29) is 11.6 Å². The molecule has 0 fully saturated rings. The van der Waals surface area contributed by atoms with E-state index in [1.807, 2.05) is 45.2 Å². The van der Waals surface area contributed by atoms with Crippen molar-refractivity contribution in [3.05, 3.63) is 41.4 Å². The maximum absolute atomic E-state index is 11.6. The van der Waals surface area contributed by atoms with Crippen LogP contribution in [0.3, 0.4) is 0 Å². The first-order chi connectivity index (χ1) is 12.4. The molecule has 26 heavy (non-hydrogen) atoms. The number of thiazole rings is 1. The van der Waals surface area contributed by atoms with Crippen LogP contribution in [0, 0.1) is 0 Å². The molecule has 0 amide bonds. The number of benzene rings is 1. The van der Waals surface area contributed by atoms with Crippen LogP contribution < -0.4 is 5.32 Å². The van der Waals surface area contributed by atoms with Gasteiger partial charge >= 0.3 is 5.97 Å². The molecule has 0 saturated carbocycles. The molecular formula is C21H30N2O2S. The highest BCUT2D eigenvalue weighted by atomic mass is 32.1. The van der Waals surface area contributed by atoms with Crippen LogP contribution in [0.15, 0.2) is 36.5 Å². The number of carbonyl (C=O) groups excluding carboxylic acids is 1. The van der Waals surface area contributed by atoms with Gasteiger partial charge in [0, 0.05) is 29.6 Å². The number of hydrogen-bond donors (Lipinski definition) is 1. The standard InChI is InChI=1S/C21H30N2O2S/c1-21(2,3)25-19(24)13-9-4-5-10-14-22-15-18-16-23-20(26-18)17-11-7-6-8-12-17/h6-8,11-12,16,22H,4-5,9-10,13-15H2,1-3H3. The van der Waals surface area contributed by atoms with Crippen molar-refractivity contribution in [2.75, 3.05) is 6.54 Å². The monoisotopic (exact) mass is 374 g/mol. The number of ether oxygens (including phenoxy) is 1. The number of nitrogens with one attached hydrogen (secondary N) is 1. The molecule has 0 unspecified atom stereocenters. The number of nitrogens with zero attached hydrogens (tertiary/aromatic N) is 1. The van der Waals surface area contributed by atoms with Gasteiger partial charge in [-0.1, -0.05) is 43.2 Å². The second-order valence-corrected chi connectivity index (χ2v) is 8.54. The number of aromatic nitrogens is 1. The van der Waals surface area contributed by atoms with Crippen molar-refractivity contribution in [3.8, 4) is 10.6 Å². The van der Waals surface area contributed by atoms with Gasteiger partial charge in [-0.2, -0.15) is 0 Å². The summed E-state index contributed by atoms with van der Waals surface area (Å²) in [5, 5.41) is 4.55. The first kappa shape index (κ1) is 20.6. The van der Waals surface area contributed by atoms with E-state index in [9.17, 15) is 4.79 Å². The molecule has 2 rings (SSSR count). The molecule has 1 aromatic carbocycles. The van der Waals surface area contributed by atoms with Gasteiger partial charge in [0.15, 0.2) is 0 Å². The Morgan fingerprint density at radius 3 is 2.58 bits per heavy atom. The summed E-state index contributed by atoms with van der Waals surface area (Å²) in [5.41, 5.74) is 0.798. The lowest BCUT2D eigenvalue weighted by Crippen LogP contribution is -2.23. The van der Waals surface area contributed by atoms with Crippen molar-refractivity contribution in [2.45, 2.75) is 65.0 Å². The fourth-order valence-corrected chi connectivity index (χ4v) is 3.47. The van der Waals surface area contributed by atoms with Crippen molar-refractivity contribution in [2.24, 2.45) is 0 Å². The van der Waals surface area contributed by atoms with Gasteiger partial charge in [0.1, 0.15) is 10.6 Å². The first-order valence-electron chi connectivity index (χ1n) is 9.37. The summed E-state index contributed by atoms with van der Waals surface area (Å²) in [6.07, 6.45) is 6.71. The summed E-state index contributed by atoms with van der Waals surface area (Å²) < 4.78 is 5.31. The van der Waals surface area contributed by atoms with Crippen molar-refractivity contribution in [3.63, 3.8) is 0 Å². The minimum absolute atomic E-state index is 0.0879. The van der Waals surface area contributed by atoms with Gasteiger partial charge in [0.2, 0.25) is 0 Å². The van der Waals surface area contributed by atoms with Gasteiger partial charge in [-0.25, -0.2) is 4.98 Å². The minimum atomic E-state index is -0.377. The third kappa shape index (κ3) is 8.11. The molecule has 0 atom stereocenters. The van der Waals surface area contributed by atoms with E-state index in [2.05, 4.69) is 22.4 Å². The summed E-state index contributed by atoms with van der Waals surface area (Å²) in [6.45, 7) is 7.57. The molecule has 0 aliphatic rings. The second kappa shape index (κ2) is 10.4. The maximum Gasteiger partial charge on any atom is 0.306 e. The zero-order chi connectivity index (χ0) is 18.8. The van der Waals surface area contributed by atoms with Crippen LogP contribution in [0.5, 0.6) is 0 Å². The Balaban J connectivity index is 1.52. The second-order valence-electron chi connectivity index (χ2n) is 7.43. The van der Waals surface area contributed by atoms with E-state index >= 15 is 0 Å². The zero-order valence-electron chi connectivity index (χ0n) is 16.1. The molecule has 0 radical (unpaired) electrons. The normalized spacial score (nSPS) is 11.5. The Morgan fingerprint density at radius 1 is 1.12 bits per heavy atom. The average Bonchev–Trinajstić information content (AvgIpc) is 3.05. The molecule has 1 heterocycles. The summed E-state index contributed by atoms with van der Waals surface area (Å²) in [7, 11) is 0.